The van der Waals surface area contributed by atoms with Crippen molar-refractivity contribution in [2.24, 2.45) is 0 Å². The number of para-hydroxylation sites is 1. The summed E-state index contributed by atoms with van der Waals surface area (Å²) in [4.78, 5) is 11.5. The zero-order chi connectivity index (χ0) is 14.5. The van der Waals surface area contributed by atoms with Gasteiger partial charge in [0, 0.05) is 34.0 Å². The number of nitrogens with two attached hydrogens (primary N) is 1. The number of hydrogen-bond acceptors (Lipinski definition) is 5. The predicted molar refractivity (Wildman–Crippen MR) is 80.1 cm³/mol. The number of hydrogen-bond donors (Lipinski definition) is 1. The summed E-state index contributed by atoms with van der Waals surface area (Å²) < 4.78 is 5.26. The first-order chi connectivity index (χ1) is 9.61. The molecule has 2 N–H and O–H groups in total. The van der Waals surface area contributed by atoms with Gasteiger partial charge in [-0.3, -0.25) is 10.1 Å². The van der Waals surface area contributed by atoms with E-state index < -0.39 is 0 Å². The van der Waals surface area contributed by atoms with Gasteiger partial charge in [0.15, 0.2) is 0 Å². The van der Waals surface area contributed by atoms with Crippen molar-refractivity contribution in [1.29, 1.82) is 0 Å². The summed E-state index contributed by atoms with van der Waals surface area (Å²) in [7, 11) is 1.57. The maximum absolute atomic E-state index is 11.0. The van der Waals surface area contributed by atoms with Gasteiger partial charge in [0.05, 0.1) is 12.0 Å². The Morgan fingerprint density at radius 2 is 2.05 bits per heavy atom. The molecule has 0 spiro atoms. The molecule has 0 amide bonds. The zero-order valence-electron chi connectivity index (χ0n) is 10.9. The second-order valence-electron chi connectivity index (χ2n) is 4.08. The van der Waals surface area contributed by atoms with Gasteiger partial charge in [0.25, 0.3) is 5.69 Å². The van der Waals surface area contributed by atoms with Crippen LogP contribution in [0.1, 0.15) is 5.56 Å². The minimum atomic E-state index is -0.365. The molecule has 0 fully saturated rings. The minimum absolute atomic E-state index is 0.134. The van der Waals surface area contributed by atoms with Gasteiger partial charge in [-0.05, 0) is 12.1 Å². The SMILES string of the molecule is COc1cc(N)ccc1SCc1ccccc1[N+](=O)[O-]. The molecule has 0 saturated heterocycles. The molecule has 0 radical (unpaired) electrons. The first-order valence-electron chi connectivity index (χ1n) is 5.90. The molecule has 2 aromatic carbocycles. The van der Waals surface area contributed by atoms with Crippen molar-refractivity contribution in [3.05, 3.63) is 58.1 Å². The van der Waals surface area contributed by atoms with Crippen LogP contribution in [0.25, 0.3) is 0 Å². The predicted octanol–water partition coefficient (Wildman–Crippen LogP) is 3.48. The molecule has 0 aliphatic carbocycles. The molecule has 0 unspecified atom stereocenters. The number of nitro benzene ring substituents is 1. The molecule has 6 heteroatoms. The second kappa shape index (κ2) is 6.29. The van der Waals surface area contributed by atoms with Gasteiger partial charge in [0.1, 0.15) is 5.75 Å². The summed E-state index contributed by atoms with van der Waals surface area (Å²) >= 11 is 1.48. The van der Waals surface area contributed by atoms with Gasteiger partial charge in [-0.2, -0.15) is 0 Å². The highest BCUT2D eigenvalue weighted by atomic mass is 32.2. The lowest BCUT2D eigenvalue weighted by Crippen LogP contribution is -1.94. The summed E-state index contributed by atoms with van der Waals surface area (Å²) in [6.07, 6.45) is 0. The summed E-state index contributed by atoms with van der Waals surface area (Å²) in [5.41, 5.74) is 7.13. The normalized spacial score (nSPS) is 10.2. The summed E-state index contributed by atoms with van der Waals surface area (Å²) in [5.74, 6) is 1.17. The molecule has 104 valence electrons. The molecule has 0 atom stereocenters. The average molecular weight is 290 g/mol. The van der Waals surface area contributed by atoms with E-state index in [0.29, 0.717) is 22.8 Å². The quantitative estimate of drug-likeness (QED) is 0.395. The third-order valence-electron chi connectivity index (χ3n) is 2.76. The number of nitrogens with zero attached hydrogens (tertiary/aromatic N) is 1. The van der Waals surface area contributed by atoms with Gasteiger partial charge >= 0.3 is 0 Å². The van der Waals surface area contributed by atoms with Crippen LogP contribution in [0.15, 0.2) is 47.4 Å². The van der Waals surface area contributed by atoms with E-state index in [1.165, 1.54) is 17.8 Å². The Hall–Kier alpha value is -2.21. The van der Waals surface area contributed by atoms with Crippen molar-refractivity contribution in [3.8, 4) is 5.75 Å². The Balaban J connectivity index is 2.19. The van der Waals surface area contributed by atoms with Gasteiger partial charge in [-0.1, -0.05) is 18.2 Å². The Labute approximate surface area is 120 Å². The number of anilines is 1. The highest BCUT2D eigenvalue weighted by Crippen LogP contribution is 2.34. The number of thioether (sulfide) groups is 1. The molecule has 5 nitrogen and oxygen atoms in total. The Kier molecular flexibility index (Phi) is 4.47. The summed E-state index contributed by atoms with van der Waals surface area (Å²) in [6.45, 7) is 0. The number of methoxy groups -OCH3 is 1. The van der Waals surface area contributed by atoms with Crippen molar-refractivity contribution in [2.75, 3.05) is 12.8 Å². The number of nitro groups is 1. The van der Waals surface area contributed by atoms with Gasteiger partial charge in [-0.15, -0.1) is 11.8 Å². The smallest absolute Gasteiger partial charge is 0.273 e. The highest BCUT2D eigenvalue weighted by molar-refractivity contribution is 7.98. The zero-order valence-corrected chi connectivity index (χ0v) is 11.7. The van der Waals surface area contributed by atoms with Crippen LogP contribution >= 0.6 is 11.8 Å². The minimum Gasteiger partial charge on any atom is -0.496 e. The Morgan fingerprint density at radius 3 is 2.75 bits per heavy atom. The van der Waals surface area contributed by atoms with E-state index in [-0.39, 0.29) is 10.6 Å². The fraction of sp³-hybridized carbons (Fsp3) is 0.143. The maximum Gasteiger partial charge on any atom is 0.273 e. The molecular weight excluding hydrogens is 276 g/mol. The maximum atomic E-state index is 11.0. The van der Waals surface area contributed by atoms with E-state index in [1.807, 2.05) is 6.07 Å². The molecular formula is C14H14N2O3S. The lowest BCUT2D eigenvalue weighted by molar-refractivity contribution is -0.385. The fourth-order valence-corrected chi connectivity index (χ4v) is 2.77. The first kappa shape index (κ1) is 14.2. The van der Waals surface area contributed by atoms with Crippen LogP contribution < -0.4 is 10.5 Å². The second-order valence-corrected chi connectivity index (χ2v) is 5.10. The molecule has 0 aromatic heterocycles. The summed E-state index contributed by atoms with van der Waals surface area (Å²) in [6, 6.07) is 12.1. The van der Waals surface area contributed by atoms with E-state index in [2.05, 4.69) is 0 Å². The van der Waals surface area contributed by atoms with E-state index in [9.17, 15) is 10.1 Å². The van der Waals surface area contributed by atoms with E-state index in [1.54, 1.807) is 37.4 Å². The Morgan fingerprint density at radius 1 is 1.30 bits per heavy atom. The van der Waals surface area contributed by atoms with Gasteiger partial charge in [0.2, 0.25) is 0 Å². The molecule has 0 aliphatic heterocycles. The van der Waals surface area contributed by atoms with Crippen LogP contribution in [0.4, 0.5) is 11.4 Å². The average Bonchev–Trinajstić information content (AvgIpc) is 2.46. The Bertz CT molecular complexity index is 632. The molecule has 0 aliphatic rings. The molecule has 2 rings (SSSR count). The van der Waals surface area contributed by atoms with Crippen molar-refractivity contribution >= 4 is 23.1 Å². The molecule has 20 heavy (non-hydrogen) atoms. The highest BCUT2D eigenvalue weighted by Gasteiger charge is 2.13. The van der Waals surface area contributed by atoms with Crippen LogP contribution in [0.2, 0.25) is 0 Å². The lowest BCUT2D eigenvalue weighted by Gasteiger charge is -2.09. The topological polar surface area (TPSA) is 78.4 Å². The molecule has 0 heterocycles. The van der Waals surface area contributed by atoms with Gasteiger partial charge < -0.3 is 10.5 Å². The third-order valence-corrected chi connectivity index (χ3v) is 3.86. The fourth-order valence-electron chi connectivity index (χ4n) is 1.77. The van der Waals surface area contributed by atoms with Crippen molar-refractivity contribution < 1.29 is 9.66 Å². The van der Waals surface area contributed by atoms with Crippen molar-refractivity contribution in [1.82, 2.24) is 0 Å². The molecule has 0 bridgehead atoms. The van der Waals surface area contributed by atoms with E-state index in [4.69, 9.17) is 10.5 Å². The van der Waals surface area contributed by atoms with Crippen LogP contribution in [-0.2, 0) is 5.75 Å². The summed E-state index contributed by atoms with van der Waals surface area (Å²) in [5, 5.41) is 11.0. The number of rotatable bonds is 5. The van der Waals surface area contributed by atoms with Crippen LogP contribution in [0.5, 0.6) is 5.75 Å². The van der Waals surface area contributed by atoms with Crippen molar-refractivity contribution in [3.63, 3.8) is 0 Å². The monoisotopic (exact) mass is 290 g/mol. The number of ether oxygens (including phenoxy) is 1. The standard InChI is InChI=1S/C14H14N2O3S/c1-19-13-8-11(15)6-7-14(13)20-9-10-4-2-3-5-12(10)16(17)18/h2-8H,9,15H2,1H3. The number of nitrogen functional groups attached to an aromatic ring is 1. The van der Waals surface area contributed by atoms with Gasteiger partial charge in [-0.25, -0.2) is 0 Å². The largest absolute Gasteiger partial charge is 0.496 e. The first-order valence-corrected chi connectivity index (χ1v) is 6.89. The van der Waals surface area contributed by atoms with E-state index in [0.717, 1.165) is 4.90 Å². The number of benzene rings is 2. The molecule has 0 saturated carbocycles. The van der Waals surface area contributed by atoms with Crippen LogP contribution in [0, 0.1) is 10.1 Å². The molecule has 2 aromatic rings. The van der Waals surface area contributed by atoms with E-state index >= 15 is 0 Å². The van der Waals surface area contributed by atoms with Crippen LogP contribution in [0.3, 0.4) is 0 Å². The third kappa shape index (κ3) is 3.21. The van der Waals surface area contributed by atoms with Crippen LogP contribution in [-0.4, -0.2) is 12.0 Å². The van der Waals surface area contributed by atoms with Crippen molar-refractivity contribution in [2.45, 2.75) is 10.6 Å². The lowest BCUT2D eigenvalue weighted by atomic mass is 10.2.